The Morgan fingerprint density at radius 3 is 2.62 bits per heavy atom. The maximum Gasteiger partial charge on any atom is 0.251 e. The molecule has 3 saturated heterocycles. The number of nitrogens with one attached hydrogen (secondary N) is 1. The number of carbonyl (C=O) groups is 1. The van der Waals surface area contributed by atoms with Gasteiger partial charge in [-0.15, -0.1) is 11.3 Å². The van der Waals surface area contributed by atoms with Gasteiger partial charge in [0.15, 0.2) is 0 Å². The molecule has 1 N–H and O–H groups in total. The van der Waals surface area contributed by atoms with Gasteiger partial charge in [0, 0.05) is 36.1 Å². The molecule has 6 rings (SSSR count). The van der Waals surface area contributed by atoms with E-state index in [1.54, 1.807) is 11.3 Å². The van der Waals surface area contributed by atoms with Gasteiger partial charge in [0.1, 0.15) is 0 Å². The van der Waals surface area contributed by atoms with Crippen molar-refractivity contribution in [1.29, 1.82) is 0 Å². The van der Waals surface area contributed by atoms with Crippen molar-refractivity contribution < 1.29 is 4.79 Å². The zero-order chi connectivity index (χ0) is 16.1. The second-order valence-corrected chi connectivity index (χ2v) is 8.58. The molecule has 1 saturated carbocycles. The summed E-state index contributed by atoms with van der Waals surface area (Å²) in [6.07, 6.45) is 2.60. The van der Waals surface area contributed by atoms with Crippen molar-refractivity contribution in [2.45, 2.75) is 18.9 Å². The third-order valence-electron chi connectivity index (χ3n) is 6.02. The highest BCUT2D eigenvalue weighted by Crippen LogP contribution is 2.43. The third kappa shape index (κ3) is 2.49. The molecule has 4 heteroatoms. The van der Waals surface area contributed by atoms with Crippen LogP contribution in [0.2, 0.25) is 0 Å². The molecule has 3 aliphatic heterocycles. The van der Waals surface area contributed by atoms with Gasteiger partial charge < -0.3 is 10.2 Å². The number of piperidine rings is 3. The Balaban J connectivity index is 1.35. The van der Waals surface area contributed by atoms with Crippen molar-refractivity contribution >= 4 is 17.2 Å². The first-order chi connectivity index (χ1) is 11.8. The monoisotopic (exact) mass is 338 g/mol. The van der Waals surface area contributed by atoms with E-state index < -0.39 is 0 Å². The predicted octanol–water partition coefficient (Wildman–Crippen LogP) is 3.49. The minimum absolute atomic E-state index is 0.0980. The van der Waals surface area contributed by atoms with Gasteiger partial charge in [-0.3, -0.25) is 4.79 Å². The van der Waals surface area contributed by atoms with E-state index in [-0.39, 0.29) is 5.91 Å². The average Bonchev–Trinajstić information content (AvgIpc) is 3.12. The predicted molar refractivity (Wildman–Crippen MR) is 97.2 cm³/mol. The number of benzene rings is 1. The lowest BCUT2D eigenvalue weighted by atomic mass is 9.65. The highest BCUT2D eigenvalue weighted by Gasteiger charge is 2.47. The number of nitrogens with zero attached hydrogens (tertiary/aromatic N) is 1. The molecule has 4 bridgehead atoms. The molecule has 1 aromatic heterocycles. The summed E-state index contributed by atoms with van der Waals surface area (Å²) in [6, 6.07) is 12.6. The summed E-state index contributed by atoms with van der Waals surface area (Å²) in [4.78, 5) is 16.7. The number of amides is 1. The highest BCUT2D eigenvalue weighted by molar-refractivity contribution is 7.13. The fourth-order valence-corrected chi connectivity index (χ4v) is 5.86. The first-order valence-corrected chi connectivity index (χ1v) is 9.81. The summed E-state index contributed by atoms with van der Waals surface area (Å²) in [5.41, 5.74) is 1.92. The molecule has 5 atom stereocenters. The molecule has 4 heterocycles. The maximum absolute atomic E-state index is 12.8. The van der Waals surface area contributed by atoms with Crippen LogP contribution in [0.15, 0.2) is 41.8 Å². The van der Waals surface area contributed by atoms with E-state index in [0.717, 1.165) is 17.0 Å². The lowest BCUT2D eigenvalue weighted by molar-refractivity contribution is -0.0418. The molecule has 1 amide bonds. The zero-order valence-electron chi connectivity index (χ0n) is 13.7. The molecule has 4 fully saturated rings. The normalized spacial score (nSPS) is 33.6. The molecule has 1 aliphatic carbocycles. The van der Waals surface area contributed by atoms with E-state index in [2.05, 4.69) is 33.8 Å². The van der Waals surface area contributed by atoms with Gasteiger partial charge in [0.2, 0.25) is 0 Å². The summed E-state index contributed by atoms with van der Waals surface area (Å²) in [5.74, 6) is 2.28. The Hall–Kier alpha value is -1.65. The van der Waals surface area contributed by atoms with Crippen molar-refractivity contribution in [3.63, 3.8) is 0 Å². The van der Waals surface area contributed by atoms with E-state index >= 15 is 0 Å². The van der Waals surface area contributed by atoms with Gasteiger partial charge in [0.25, 0.3) is 5.91 Å². The van der Waals surface area contributed by atoms with E-state index in [1.165, 1.54) is 37.4 Å². The summed E-state index contributed by atoms with van der Waals surface area (Å²) >= 11 is 1.71. The average molecular weight is 338 g/mol. The lowest BCUT2D eigenvalue weighted by Gasteiger charge is -2.55. The molecule has 3 nitrogen and oxygen atoms in total. The Bertz CT molecular complexity index is 727. The van der Waals surface area contributed by atoms with Gasteiger partial charge in [-0.05, 0) is 59.7 Å². The minimum Gasteiger partial charge on any atom is -0.349 e. The first-order valence-electron chi connectivity index (χ1n) is 8.93. The number of hydrogen-bond acceptors (Lipinski definition) is 3. The highest BCUT2D eigenvalue weighted by atomic mass is 32.1. The van der Waals surface area contributed by atoms with E-state index in [0.29, 0.717) is 17.9 Å². The molecule has 0 radical (unpaired) electrons. The van der Waals surface area contributed by atoms with Crippen molar-refractivity contribution in [3.8, 4) is 10.4 Å². The topological polar surface area (TPSA) is 32.3 Å². The molecule has 2 aromatic rings. The maximum atomic E-state index is 12.8. The largest absolute Gasteiger partial charge is 0.349 e. The Morgan fingerprint density at radius 1 is 1.08 bits per heavy atom. The van der Waals surface area contributed by atoms with Gasteiger partial charge >= 0.3 is 0 Å². The Morgan fingerprint density at radius 2 is 1.92 bits per heavy atom. The van der Waals surface area contributed by atoms with Gasteiger partial charge in [0.05, 0.1) is 0 Å². The van der Waals surface area contributed by atoms with Crippen LogP contribution in [-0.2, 0) is 0 Å². The van der Waals surface area contributed by atoms with Gasteiger partial charge in [-0.25, -0.2) is 0 Å². The van der Waals surface area contributed by atoms with E-state index in [9.17, 15) is 4.79 Å². The lowest BCUT2D eigenvalue weighted by Crippen LogP contribution is -2.64. The number of rotatable bonds is 3. The van der Waals surface area contributed by atoms with E-state index in [1.807, 2.05) is 18.2 Å². The van der Waals surface area contributed by atoms with Crippen LogP contribution in [0.1, 0.15) is 23.2 Å². The number of carbonyl (C=O) groups excluding carboxylic acids is 1. The molecular weight excluding hydrogens is 316 g/mol. The van der Waals surface area contributed by atoms with Crippen LogP contribution >= 0.6 is 11.3 Å². The van der Waals surface area contributed by atoms with E-state index in [4.69, 9.17) is 0 Å². The molecular formula is C20H22N2OS. The van der Waals surface area contributed by atoms with Gasteiger partial charge in [-0.2, -0.15) is 0 Å². The van der Waals surface area contributed by atoms with Gasteiger partial charge in [-0.1, -0.05) is 18.2 Å². The Labute approximate surface area is 146 Å². The standard InChI is InChI=1S/C20H22N2OS/c23-20(15-4-1-3-14(9-15)18-5-2-6-24-18)21-19-16-7-13-8-17(19)12-22(10-13)11-16/h1-6,9,13,16-17,19H,7-8,10-12H2,(H,21,23)/t13?,16-,17+,19?. The van der Waals surface area contributed by atoms with Crippen LogP contribution in [0, 0.1) is 17.8 Å². The summed E-state index contributed by atoms with van der Waals surface area (Å²) in [5, 5.41) is 5.46. The number of thiophene rings is 1. The van der Waals surface area contributed by atoms with Crippen molar-refractivity contribution in [3.05, 3.63) is 47.3 Å². The van der Waals surface area contributed by atoms with Crippen molar-refractivity contribution in [2.75, 3.05) is 19.6 Å². The fraction of sp³-hybridized carbons (Fsp3) is 0.450. The van der Waals surface area contributed by atoms with Crippen LogP contribution < -0.4 is 5.32 Å². The van der Waals surface area contributed by atoms with Crippen LogP contribution in [-0.4, -0.2) is 36.5 Å². The second-order valence-electron chi connectivity index (χ2n) is 7.63. The third-order valence-corrected chi connectivity index (χ3v) is 6.94. The SMILES string of the molecule is O=C(NC1[C@@H]2CC3C[C@H]1CN(C3)C2)c1cccc(-c2cccs2)c1. The van der Waals surface area contributed by atoms with Crippen LogP contribution in [0.3, 0.4) is 0 Å². The number of hydrogen-bond donors (Lipinski definition) is 1. The summed E-state index contributed by atoms with van der Waals surface area (Å²) < 4.78 is 0. The minimum atomic E-state index is 0.0980. The first kappa shape index (κ1) is 14.7. The summed E-state index contributed by atoms with van der Waals surface area (Å²) in [7, 11) is 0. The zero-order valence-corrected chi connectivity index (χ0v) is 14.5. The summed E-state index contributed by atoms with van der Waals surface area (Å²) in [6.45, 7) is 3.64. The van der Waals surface area contributed by atoms with Crippen LogP contribution in [0.4, 0.5) is 0 Å². The molecule has 1 aromatic carbocycles. The molecule has 0 spiro atoms. The van der Waals surface area contributed by atoms with Crippen molar-refractivity contribution in [2.24, 2.45) is 17.8 Å². The Kier molecular flexibility index (Phi) is 3.49. The molecule has 4 aliphatic rings. The molecule has 124 valence electrons. The second kappa shape index (κ2) is 5.71. The fourth-order valence-electron chi connectivity index (χ4n) is 5.13. The van der Waals surface area contributed by atoms with Crippen LogP contribution in [0.5, 0.6) is 0 Å². The molecule has 24 heavy (non-hydrogen) atoms. The van der Waals surface area contributed by atoms with Crippen molar-refractivity contribution in [1.82, 2.24) is 10.2 Å². The molecule has 3 unspecified atom stereocenters. The smallest absolute Gasteiger partial charge is 0.251 e. The quantitative estimate of drug-likeness (QED) is 0.929. The van der Waals surface area contributed by atoms with Crippen LogP contribution in [0.25, 0.3) is 10.4 Å².